The third kappa shape index (κ3) is 2.04. The van der Waals surface area contributed by atoms with Crippen LogP contribution in [0.4, 0.5) is 0 Å². The molecule has 0 unspecified atom stereocenters. The van der Waals surface area contributed by atoms with Gasteiger partial charge in [-0.2, -0.15) is 0 Å². The standard InChI is InChI=1S/C11H16N2O2/c1-8-4-6-15-10(8)11(14)13-5-2-3-9(12)7-13/h4,6,9H,2-3,5,7,12H2,1H3/t9-/m1/s1. The molecule has 82 valence electrons. The van der Waals surface area contributed by atoms with Crippen molar-refractivity contribution >= 4 is 5.91 Å². The van der Waals surface area contributed by atoms with Crippen molar-refractivity contribution in [2.45, 2.75) is 25.8 Å². The van der Waals surface area contributed by atoms with Crippen molar-refractivity contribution in [2.24, 2.45) is 5.73 Å². The number of hydrogen-bond donors (Lipinski definition) is 1. The molecule has 0 saturated carbocycles. The molecule has 1 aliphatic heterocycles. The second-order valence-electron chi connectivity index (χ2n) is 4.09. The zero-order valence-corrected chi connectivity index (χ0v) is 8.90. The van der Waals surface area contributed by atoms with E-state index in [9.17, 15) is 4.79 Å². The first-order valence-electron chi connectivity index (χ1n) is 5.27. The van der Waals surface area contributed by atoms with Gasteiger partial charge in [-0.3, -0.25) is 4.79 Å². The Balaban J connectivity index is 2.11. The number of piperidine rings is 1. The van der Waals surface area contributed by atoms with Crippen LogP contribution in [0.2, 0.25) is 0 Å². The molecule has 0 aliphatic carbocycles. The van der Waals surface area contributed by atoms with E-state index in [0.29, 0.717) is 12.3 Å². The van der Waals surface area contributed by atoms with Crippen molar-refractivity contribution in [3.63, 3.8) is 0 Å². The molecule has 1 aromatic heterocycles. The predicted octanol–water partition coefficient (Wildman–Crippen LogP) is 1.15. The molecule has 1 fully saturated rings. The van der Waals surface area contributed by atoms with Crippen molar-refractivity contribution in [3.05, 3.63) is 23.7 Å². The smallest absolute Gasteiger partial charge is 0.289 e. The number of amides is 1. The molecule has 2 heterocycles. The summed E-state index contributed by atoms with van der Waals surface area (Å²) in [6, 6.07) is 1.91. The first-order valence-corrected chi connectivity index (χ1v) is 5.27. The Labute approximate surface area is 89.0 Å². The molecule has 0 aromatic carbocycles. The summed E-state index contributed by atoms with van der Waals surface area (Å²) >= 11 is 0. The number of nitrogens with zero attached hydrogens (tertiary/aromatic N) is 1. The van der Waals surface area contributed by atoms with Gasteiger partial charge < -0.3 is 15.1 Å². The molecule has 1 aromatic rings. The Kier molecular flexibility index (Phi) is 2.77. The third-order valence-corrected chi connectivity index (χ3v) is 2.80. The van der Waals surface area contributed by atoms with Crippen LogP contribution in [0.3, 0.4) is 0 Å². The van der Waals surface area contributed by atoms with Crippen LogP contribution in [0.1, 0.15) is 29.0 Å². The molecule has 4 nitrogen and oxygen atoms in total. The highest BCUT2D eigenvalue weighted by Crippen LogP contribution is 2.15. The zero-order valence-electron chi connectivity index (χ0n) is 8.90. The Morgan fingerprint density at radius 2 is 2.47 bits per heavy atom. The van der Waals surface area contributed by atoms with E-state index >= 15 is 0 Å². The zero-order chi connectivity index (χ0) is 10.8. The van der Waals surface area contributed by atoms with Crippen LogP contribution in [-0.2, 0) is 0 Å². The van der Waals surface area contributed by atoms with Gasteiger partial charge >= 0.3 is 0 Å². The molecule has 1 atom stereocenters. The van der Waals surface area contributed by atoms with Gasteiger partial charge in [-0.1, -0.05) is 0 Å². The van der Waals surface area contributed by atoms with Crippen molar-refractivity contribution in [3.8, 4) is 0 Å². The summed E-state index contributed by atoms with van der Waals surface area (Å²) in [6.45, 7) is 3.30. The summed E-state index contributed by atoms with van der Waals surface area (Å²) < 4.78 is 5.18. The van der Waals surface area contributed by atoms with Crippen LogP contribution in [-0.4, -0.2) is 29.9 Å². The maximum Gasteiger partial charge on any atom is 0.289 e. The summed E-state index contributed by atoms with van der Waals surface area (Å²) in [5.41, 5.74) is 6.72. The highest BCUT2D eigenvalue weighted by atomic mass is 16.3. The topological polar surface area (TPSA) is 59.5 Å². The highest BCUT2D eigenvalue weighted by molar-refractivity contribution is 5.92. The first-order chi connectivity index (χ1) is 7.18. The average Bonchev–Trinajstić information content (AvgIpc) is 2.63. The average molecular weight is 208 g/mol. The van der Waals surface area contributed by atoms with Crippen LogP contribution < -0.4 is 5.73 Å². The van der Waals surface area contributed by atoms with Gasteiger partial charge in [0.15, 0.2) is 5.76 Å². The number of carbonyl (C=O) groups excluding carboxylic acids is 1. The van der Waals surface area contributed by atoms with Gasteiger partial charge in [0.05, 0.1) is 6.26 Å². The molecule has 4 heteroatoms. The molecular weight excluding hydrogens is 192 g/mol. The fraction of sp³-hybridized carbons (Fsp3) is 0.545. The molecule has 1 saturated heterocycles. The van der Waals surface area contributed by atoms with Gasteiger partial charge in [-0.25, -0.2) is 0 Å². The lowest BCUT2D eigenvalue weighted by atomic mass is 10.1. The molecular formula is C11H16N2O2. The van der Waals surface area contributed by atoms with E-state index in [0.717, 1.165) is 24.9 Å². The number of hydrogen-bond acceptors (Lipinski definition) is 3. The molecule has 15 heavy (non-hydrogen) atoms. The van der Waals surface area contributed by atoms with E-state index in [-0.39, 0.29) is 11.9 Å². The van der Waals surface area contributed by atoms with E-state index < -0.39 is 0 Å². The number of rotatable bonds is 1. The molecule has 0 spiro atoms. The minimum absolute atomic E-state index is 0.0346. The maximum atomic E-state index is 12.0. The third-order valence-electron chi connectivity index (χ3n) is 2.80. The van der Waals surface area contributed by atoms with Gasteiger partial charge in [0, 0.05) is 24.7 Å². The van der Waals surface area contributed by atoms with Crippen molar-refractivity contribution in [2.75, 3.05) is 13.1 Å². The molecule has 0 radical (unpaired) electrons. The highest BCUT2D eigenvalue weighted by Gasteiger charge is 2.24. The fourth-order valence-corrected chi connectivity index (χ4v) is 1.93. The van der Waals surface area contributed by atoms with Crippen LogP contribution in [0.15, 0.2) is 16.7 Å². The lowest BCUT2D eigenvalue weighted by Crippen LogP contribution is -2.45. The van der Waals surface area contributed by atoms with E-state index in [1.807, 2.05) is 6.92 Å². The van der Waals surface area contributed by atoms with Crippen LogP contribution >= 0.6 is 0 Å². The molecule has 2 rings (SSSR count). The minimum atomic E-state index is -0.0346. The monoisotopic (exact) mass is 208 g/mol. The van der Waals surface area contributed by atoms with Crippen LogP contribution in [0, 0.1) is 6.92 Å². The van der Waals surface area contributed by atoms with E-state index in [4.69, 9.17) is 10.2 Å². The number of aryl methyl sites for hydroxylation is 1. The first kappa shape index (κ1) is 10.2. The van der Waals surface area contributed by atoms with E-state index in [2.05, 4.69) is 0 Å². The Morgan fingerprint density at radius 1 is 1.67 bits per heavy atom. The SMILES string of the molecule is Cc1ccoc1C(=O)N1CCC[C@@H](N)C1. The number of carbonyl (C=O) groups is 1. The summed E-state index contributed by atoms with van der Waals surface area (Å²) in [6.07, 6.45) is 3.53. The van der Waals surface area contributed by atoms with Gasteiger partial charge in [-0.05, 0) is 25.8 Å². The summed E-state index contributed by atoms with van der Waals surface area (Å²) in [5.74, 6) is 0.414. The second-order valence-corrected chi connectivity index (χ2v) is 4.09. The number of nitrogens with two attached hydrogens (primary N) is 1. The summed E-state index contributed by atoms with van der Waals surface area (Å²) in [7, 11) is 0. The summed E-state index contributed by atoms with van der Waals surface area (Å²) in [4.78, 5) is 13.8. The Bertz CT molecular complexity index is 359. The molecule has 1 amide bonds. The molecule has 1 aliphatic rings. The quantitative estimate of drug-likeness (QED) is 0.753. The van der Waals surface area contributed by atoms with Gasteiger partial charge in [0.1, 0.15) is 0 Å². The van der Waals surface area contributed by atoms with Crippen molar-refractivity contribution < 1.29 is 9.21 Å². The Morgan fingerprint density at radius 3 is 3.07 bits per heavy atom. The van der Waals surface area contributed by atoms with E-state index in [1.165, 1.54) is 0 Å². The minimum Gasteiger partial charge on any atom is -0.459 e. The second kappa shape index (κ2) is 4.06. The largest absolute Gasteiger partial charge is 0.459 e. The van der Waals surface area contributed by atoms with E-state index in [1.54, 1.807) is 17.2 Å². The summed E-state index contributed by atoms with van der Waals surface area (Å²) in [5, 5.41) is 0. The molecule has 2 N–H and O–H groups in total. The van der Waals surface area contributed by atoms with Gasteiger partial charge in [-0.15, -0.1) is 0 Å². The van der Waals surface area contributed by atoms with Gasteiger partial charge in [0.2, 0.25) is 0 Å². The molecule has 0 bridgehead atoms. The lowest BCUT2D eigenvalue weighted by molar-refractivity contribution is 0.0675. The van der Waals surface area contributed by atoms with Crippen molar-refractivity contribution in [1.29, 1.82) is 0 Å². The van der Waals surface area contributed by atoms with Gasteiger partial charge in [0.25, 0.3) is 5.91 Å². The lowest BCUT2D eigenvalue weighted by Gasteiger charge is -2.30. The maximum absolute atomic E-state index is 12.0. The number of likely N-dealkylation sites (tertiary alicyclic amines) is 1. The number of furan rings is 1. The van der Waals surface area contributed by atoms with Crippen LogP contribution in [0.5, 0.6) is 0 Å². The predicted molar refractivity (Wildman–Crippen MR) is 56.6 cm³/mol. The fourth-order valence-electron chi connectivity index (χ4n) is 1.93. The van der Waals surface area contributed by atoms with Crippen molar-refractivity contribution in [1.82, 2.24) is 4.90 Å². The normalized spacial score (nSPS) is 21.7. The van der Waals surface area contributed by atoms with Crippen LogP contribution in [0.25, 0.3) is 0 Å². The Hall–Kier alpha value is -1.29.